The Morgan fingerprint density at radius 2 is 1.95 bits per heavy atom. The van der Waals surface area contributed by atoms with Gasteiger partial charge in [0.15, 0.2) is 0 Å². The number of hydrogen-bond acceptors (Lipinski definition) is 4. The first-order valence-corrected chi connectivity index (χ1v) is 7.94. The zero-order valence-corrected chi connectivity index (χ0v) is 14.6. The maximum absolute atomic E-state index is 11.7. The van der Waals surface area contributed by atoms with E-state index in [0.29, 0.717) is 12.9 Å². The fraction of sp³-hybridized carbons (Fsp3) is 0.500. The third-order valence-electron chi connectivity index (χ3n) is 2.61. The highest BCUT2D eigenvalue weighted by atomic mass is 79.9. The lowest BCUT2D eigenvalue weighted by atomic mass is 10.2. The third-order valence-corrected chi connectivity index (χ3v) is 3.44. The SMILES string of the molecule is CC(C)(C)OC(=O)N[C@@H](C=O)[C@H](Br)COCc1ccccc1. The molecule has 0 spiro atoms. The summed E-state index contributed by atoms with van der Waals surface area (Å²) in [5.74, 6) is 0. The second-order valence-corrected chi connectivity index (χ2v) is 7.00. The van der Waals surface area contributed by atoms with Gasteiger partial charge < -0.3 is 19.6 Å². The van der Waals surface area contributed by atoms with Crippen molar-refractivity contribution < 1.29 is 19.1 Å². The molecule has 22 heavy (non-hydrogen) atoms. The van der Waals surface area contributed by atoms with Gasteiger partial charge in [-0.15, -0.1) is 0 Å². The molecule has 1 amide bonds. The van der Waals surface area contributed by atoms with Gasteiger partial charge in [0.05, 0.1) is 18.0 Å². The molecule has 0 aliphatic heterocycles. The van der Waals surface area contributed by atoms with Gasteiger partial charge in [-0.3, -0.25) is 0 Å². The summed E-state index contributed by atoms with van der Waals surface area (Å²) in [6.45, 7) is 6.01. The van der Waals surface area contributed by atoms with Gasteiger partial charge in [-0.05, 0) is 26.3 Å². The van der Waals surface area contributed by atoms with E-state index in [2.05, 4.69) is 21.2 Å². The molecule has 122 valence electrons. The first-order valence-electron chi connectivity index (χ1n) is 7.02. The van der Waals surface area contributed by atoms with Crippen LogP contribution in [0.4, 0.5) is 4.79 Å². The van der Waals surface area contributed by atoms with Crippen LogP contribution in [0.1, 0.15) is 26.3 Å². The molecule has 1 rings (SSSR count). The van der Waals surface area contributed by atoms with Crippen molar-refractivity contribution in [3.63, 3.8) is 0 Å². The maximum Gasteiger partial charge on any atom is 0.408 e. The Morgan fingerprint density at radius 3 is 2.50 bits per heavy atom. The standard InChI is InChI=1S/C16H22BrNO4/c1-16(2,3)22-15(20)18-14(9-19)13(17)11-21-10-12-7-5-4-6-8-12/h4-9,13-14H,10-11H2,1-3H3,(H,18,20)/t13-,14+/m1/s1. The highest BCUT2D eigenvalue weighted by Crippen LogP contribution is 2.10. The van der Waals surface area contributed by atoms with E-state index in [1.54, 1.807) is 20.8 Å². The van der Waals surface area contributed by atoms with Crippen molar-refractivity contribution in [2.24, 2.45) is 0 Å². The molecule has 0 saturated heterocycles. The predicted octanol–water partition coefficient (Wildman–Crippen LogP) is 3.06. The van der Waals surface area contributed by atoms with Crippen LogP contribution in [-0.2, 0) is 20.9 Å². The number of nitrogens with one attached hydrogen (secondary N) is 1. The Morgan fingerprint density at radius 1 is 1.32 bits per heavy atom. The zero-order chi connectivity index (χ0) is 16.6. The van der Waals surface area contributed by atoms with Crippen LogP contribution in [-0.4, -0.2) is 35.5 Å². The van der Waals surface area contributed by atoms with E-state index in [1.807, 2.05) is 30.3 Å². The van der Waals surface area contributed by atoms with Gasteiger partial charge in [-0.1, -0.05) is 46.3 Å². The highest BCUT2D eigenvalue weighted by molar-refractivity contribution is 9.09. The van der Waals surface area contributed by atoms with E-state index < -0.39 is 17.7 Å². The molecule has 0 saturated carbocycles. The molecule has 0 aliphatic rings. The number of hydrogen-bond donors (Lipinski definition) is 1. The van der Waals surface area contributed by atoms with Crippen LogP contribution in [0.3, 0.4) is 0 Å². The lowest BCUT2D eigenvalue weighted by Gasteiger charge is -2.23. The molecule has 2 atom stereocenters. The highest BCUT2D eigenvalue weighted by Gasteiger charge is 2.24. The molecule has 1 aromatic rings. The average Bonchev–Trinajstić information content (AvgIpc) is 2.44. The monoisotopic (exact) mass is 371 g/mol. The van der Waals surface area contributed by atoms with Crippen molar-refractivity contribution in [2.45, 2.75) is 43.8 Å². The number of rotatable bonds is 7. The zero-order valence-electron chi connectivity index (χ0n) is 13.0. The Balaban J connectivity index is 2.39. The quantitative estimate of drug-likeness (QED) is 0.590. The molecular weight excluding hydrogens is 350 g/mol. The molecule has 0 aliphatic carbocycles. The van der Waals surface area contributed by atoms with Crippen LogP contribution in [0.5, 0.6) is 0 Å². The topological polar surface area (TPSA) is 64.6 Å². The average molecular weight is 372 g/mol. The van der Waals surface area contributed by atoms with Crippen molar-refractivity contribution >= 4 is 28.3 Å². The maximum atomic E-state index is 11.7. The van der Waals surface area contributed by atoms with Crippen molar-refractivity contribution in [1.29, 1.82) is 0 Å². The molecule has 0 unspecified atom stereocenters. The third kappa shape index (κ3) is 7.56. The van der Waals surface area contributed by atoms with Gasteiger partial charge in [-0.2, -0.15) is 0 Å². The number of alkyl carbamates (subject to hydrolysis) is 1. The number of aldehydes is 1. The minimum absolute atomic E-state index is 0.286. The van der Waals surface area contributed by atoms with Gasteiger partial charge in [0.25, 0.3) is 0 Å². The van der Waals surface area contributed by atoms with E-state index in [0.717, 1.165) is 5.56 Å². The van der Waals surface area contributed by atoms with Crippen LogP contribution in [0, 0.1) is 0 Å². The minimum Gasteiger partial charge on any atom is -0.444 e. The first kappa shape index (κ1) is 18.6. The predicted molar refractivity (Wildman–Crippen MR) is 88.0 cm³/mol. The second kappa shape index (κ2) is 8.90. The Labute approximate surface area is 139 Å². The molecule has 5 nitrogen and oxygen atoms in total. The number of benzene rings is 1. The van der Waals surface area contributed by atoms with Gasteiger partial charge in [0.2, 0.25) is 0 Å². The summed E-state index contributed by atoms with van der Waals surface area (Å²) in [5, 5.41) is 2.52. The largest absolute Gasteiger partial charge is 0.444 e. The van der Waals surface area contributed by atoms with Gasteiger partial charge in [-0.25, -0.2) is 4.79 Å². The van der Waals surface area contributed by atoms with E-state index >= 15 is 0 Å². The second-order valence-electron chi connectivity index (χ2n) is 5.82. The first-order chi connectivity index (χ1) is 10.3. The van der Waals surface area contributed by atoms with Gasteiger partial charge in [0, 0.05) is 0 Å². The number of amides is 1. The van der Waals surface area contributed by atoms with Crippen LogP contribution in [0.2, 0.25) is 0 Å². The van der Waals surface area contributed by atoms with E-state index in [-0.39, 0.29) is 11.4 Å². The fourth-order valence-electron chi connectivity index (χ4n) is 1.62. The van der Waals surface area contributed by atoms with Gasteiger partial charge >= 0.3 is 6.09 Å². The van der Waals surface area contributed by atoms with Crippen molar-refractivity contribution in [2.75, 3.05) is 6.61 Å². The van der Waals surface area contributed by atoms with Gasteiger partial charge in [0.1, 0.15) is 17.9 Å². The Bertz CT molecular complexity index is 473. The number of carbonyl (C=O) groups is 2. The number of carbonyl (C=O) groups excluding carboxylic acids is 2. The van der Waals surface area contributed by atoms with Crippen molar-refractivity contribution in [1.82, 2.24) is 5.32 Å². The molecule has 0 fully saturated rings. The molecule has 0 aromatic heterocycles. The summed E-state index contributed by atoms with van der Waals surface area (Å²) in [6.07, 6.45) is 0.0342. The molecule has 0 radical (unpaired) electrons. The van der Waals surface area contributed by atoms with Crippen LogP contribution >= 0.6 is 15.9 Å². The lowest BCUT2D eigenvalue weighted by Crippen LogP contribution is -2.45. The Hall–Kier alpha value is -1.40. The summed E-state index contributed by atoms with van der Waals surface area (Å²) in [4.78, 5) is 22.5. The molecule has 1 N–H and O–H groups in total. The van der Waals surface area contributed by atoms with E-state index in [1.165, 1.54) is 0 Å². The molecular formula is C16H22BrNO4. The molecule has 0 heterocycles. The molecule has 1 aromatic carbocycles. The summed E-state index contributed by atoms with van der Waals surface area (Å²) in [6, 6.07) is 9.00. The number of ether oxygens (including phenoxy) is 2. The van der Waals surface area contributed by atoms with E-state index in [4.69, 9.17) is 9.47 Å². The van der Waals surface area contributed by atoms with E-state index in [9.17, 15) is 9.59 Å². The lowest BCUT2D eigenvalue weighted by molar-refractivity contribution is -0.109. The van der Waals surface area contributed by atoms with Crippen LogP contribution < -0.4 is 5.32 Å². The summed E-state index contributed by atoms with van der Waals surface area (Å²) < 4.78 is 10.7. The summed E-state index contributed by atoms with van der Waals surface area (Å²) >= 11 is 3.36. The van der Waals surface area contributed by atoms with Crippen LogP contribution in [0.15, 0.2) is 30.3 Å². The molecule has 0 bridgehead atoms. The summed E-state index contributed by atoms with van der Waals surface area (Å²) in [5.41, 5.74) is 0.438. The molecule has 6 heteroatoms. The minimum atomic E-state index is -0.717. The fourth-order valence-corrected chi connectivity index (χ4v) is 2.06. The van der Waals surface area contributed by atoms with Crippen LogP contribution in [0.25, 0.3) is 0 Å². The normalized spacial score (nSPS) is 14.0. The van der Waals surface area contributed by atoms with Crippen molar-refractivity contribution in [3.8, 4) is 0 Å². The number of alkyl halides is 1. The van der Waals surface area contributed by atoms with Crippen molar-refractivity contribution in [3.05, 3.63) is 35.9 Å². The number of halogens is 1. The Kier molecular flexibility index (Phi) is 7.55. The smallest absolute Gasteiger partial charge is 0.408 e. The summed E-state index contributed by atoms with van der Waals surface area (Å²) in [7, 11) is 0.